The second kappa shape index (κ2) is 4.22. The fourth-order valence-corrected chi connectivity index (χ4v) is 2.01. The van der Waals surface area contributed by atoms with Crippen LogP contribution in [-0.2, 0) is 4.79 Å². The van der Waals surface area contributed by atoms with Crippen LogP contribution in [0.4, 0.5) is 11.4 Å². The minimum Gasteiger partial charge on any atom is -0.348 e. The molecule has 1 aromatic carbocycles. The molecule has 0 fully saturated rings. The van der Waals surface area contributed by atoms with Crippen molar-refractivity contribution in [3.05, 3.63) is 24.3 Å². The molecule has 1 amide bonds. The Morgan fingerprint density at radius 2 is 2.19 bits per heavy atom. The number of carbonyl (C=O) groups is 1. The molecule has 84 valence electrons. The van der Waals surface area contributed by atoms with Crippen molar-refractivity contribution in [3.63, 3.8) is 0 Å². The number of amides is 1. The summed E-state index contributed by atoms with van der Waals surface area (Å²) in [4.78, 5) is 14.2. The summed E-state index contributed by atoms with van der Waals surface area (Å²) in [7, 11) is 0. The van der Waals surface area contributed by atoms with Crippen LogP contribution in [0.3, 0.4) is 0 Å². The zero-order chi connectivity index (χ0) is 11.7. The summed E-state index contributed by atoms with van der Waals surface area (Å²) in [6.07, 6.45) is 0. The van der Waals surface area contributed by atoms with Crippen molar-refractivity contribution in [2.24, 2.45) is 5.92 Å². The molecule has 3 nitrogen and oxygen atoms in total. The maximum absolute atomic E-state index is 11.6. The zero-order valence-electron chi connectivity index (χ0n) is 9.36. The minimum atomic E-state index is 0.0470. The number of nitrogens with zero attached hydrogens (tertiary/aromatic N) is 1. The van der Waals surface area contributed by atoms with E-state index >= 15 is 0 Å². The number of fused-ring (bicyclic) bond motifs is 1. The van der Waals surface area contributed by atoms with Crippen LogP contribution in [0.15, 0.2) is 24.3 Å². The van der Waals surface area contributed by atoms with Gasteiger partial charge in [-0.2, -0.15) is 0 Å². The molecule has 0 saturated heterocycles. The van der Waals surface area contributed by atoms with Gasteiger partial charge in [-0.1, -0.05) is 31.3 Å². The Hall–Kier alpha value is -1.42. The number of thiocarbonyl (C=S) groups is 1. The Labute approximate surface area is 100 Å². The highest BCUT2D eigenvalue weighted by Gasteiger charge is 2.24. The lowest BCUT2D eigenvalue weighted by Crippen LogP contribution is -2.33. The Morgan fingerprint density at radius 1 is 1.50 bits per heavy atom. The summed E-state index contributed by atoms with van der Waals surface area (Å²) < 4.78 is 0. The Bertz CT molecular complexity index is 444. The molecule has 0 aliphatic carbocycles. The van der Waals surface area contributed by atoms with E-state index in [1.807, 2.05) is 31.2 Å². The van der Waals surface area contributed by atoms with E-state index in [9.17, 15) is 4.79 Å². The number of hydrogen-bond donors (Lipinski definition) is 1. The van der Waals surface area contributed by atoms with Crippen LogP contribution in [0.25, 0.3) is 0 Å². The second-order valence-corrected chi connectivity index (χ2v) is 4.48. The topological polar surface area (TPSA) is 32.3 Å². The zero-order valence-corrected chi connectivity index (χ0v) is 10.2. The third-order valence-corrected chi connectivity index (χ3v) is 3.24. The monoisotopic (exact) mass is 234 g/mol. The third kappa shape index (κ3) is 1.93. The van der Waals surface area contributed by atoms with Gasteiger partial charge in [-0.25, -0.2) is 0 Å². The van der Waals surface area contributed by atoms with Crippen molar-refractivity contribution in [2.75, 3.05) is 16.8 Å². The molecule has 0 bridgehead atoms. The maximum atomic E-state index is 11.6. The number of rotatable bonds is 0. The molecule has 0 radical (unpaired) electrons. The molecular weight excluding hydrogens is 220 g/mol. The largest absolute Gasteiger partial charge is 0.348 e. The highest BCUT2D eigenvalue weighted by molar-refractivity contribution is 7.80. The molecule has 1 N–H and O–H groups in total. The first-order chi connectivity index (χ1) is 7.59. The fraction of sp³-hybridized carbons (Fsp3) is 0.333. The van der Waals surface area contributed by atoms with Crippen LogP contribution >= 0.6 is 12.2 Å². The van der Waals surface area contributed by atoms with E-state index in [0.717, 1.165) is 16.4 Å². The van der Waals surface area contributed by atoms with Crippen molar-refractivity contribution >= 4 is 34.5 Å². The van der Waals surface area contributed by atoms with Gasteiger partial charge in [-0.3, -0.25) is 4.79 Å². The lowest BCUT2D eigenvalue weighted by molar-refractivity contribution is -0.116. The predicted molar refractivity (Wildman–Crippen MR) is 69.9 cm³/mol. The van der Waals surface area contributed by atoms with Gasteiger partial charge in [0, 0.05) is 19.4 Å². The summed E-state index contributed by atoms with van der Waals surface area (Å²) in [5, 5.41) is 3.19. The number of para-hydroxylation sites is 2. The Morgan fingerprint density at radius 3 is 2.88 bits per heavy atom. The fourth-order valence-electron chi connectivity index (χ4n) is 1.82. The van der Waals surface area contributed by atoms with Gasteiger partial charge < -0.3 is 10.2 Å². The summed E-state index contributed by atoms with van der Waals surface area (Å²) in [5.74, 6) is 0.220. The lowest BCUT2D eigenvalue weighted by atomic mass is 10.1. The van der Waals surface area contributed by atoms with Gasteiger partial charge in [0.2, 0.25) is 5.91 Å². The normalized spacial score (nSPS) is 19.8. The summed E-state index contributed by atoms with van der Waals surface area (Å²) >= 11 is 5.28. The van der Waals surface area contributed by atoms with Crippen LogP contribution in [0.1, 0.15) is 13.8 Å². The molecule has 0 saturated carbocycles. The van der Waals surface area contributed by atoms with Crippen LogP contribution in [0, 0.1) is 5.92 Å². The van der Waals surface area contributed by atoms with E-state index in [-0.39, 0.29) is 11.8 Å². The third-order valence-electron chi connectivity index (χ3n) is 2.74. The molecule has 1 aromatic rings. The standard InChI is InChI=1S/C12H14N2OS/c1-8-7-14(9(2)15)11-6-4-3-5-10(11)13-12(8)16/h3-6,8H,7H2,1-2H3,(H,13,16). The van der Waals surface area contributed by atoms with Gasteiger partial charge in [0.1, 0.15) is 0 Å². The maximum Gasteiger partial charge on any atom is 0.223 e. The first-order valence-corrected chi connectivity index (χ1v) is 5.68. The van der Waals surface area contributed by atoms with E-state index in [1.54, 1.807) is 11.8 Å². The second-order valence-electron chi connectivity index (χ2n) is 4.04. The van der Waals surface area contributed by atoms with E-state index in [2.05, 4.69) is 5.32 Å². The van der Waals surface area contributed by atoms with Gasteiger partial charge in [-0.15, -0.1) is 0 Å². The average Bonchev–Trinajstić information content (AvgIpc) is 2.37. The Balaban J connectivity index is 2.49. The molecule has 0 aromatic heterocycles. The molecule has 1 aliphatic rings. The van der Waals surface area contributed by atoms with Crippen LogP contribution in [0.5, 0.6) is 0 Å². The molecule has 1 unspecified atom stereocenters. The van der Waals surface area contributed by atoms with E-state index in [4.69, 9.17) is 12.2 Å². The molecule has 0 spiro atoms. The van der Waals surface area contributed by atoms with E-state index < -0.39 is 0 Å². The molecule has 1 heterocycles. The summed E-state index contributed by atoms with van der Waals surface area (Å²) in [5.41, 5.74) is 1.81. The number of benzene rings is 1. The van der Waals surface area contributed by atoms with Crippen molar-refractivity contribution in [2.45, 2.75) is 13.8 Å². The number of nitrogens with one attached hydrogen (secondary N) is 1. The molecule has 1 atom stereocenters. The number of hydrogen-bond acceptors (Lipinski definition) is 2. The summed E-state index contributed by atoms with van der Waals surface area (Å²) in [6, 6.07) is 7.73. The van der Waals surface area contributed by atoms with E-state index in [0.29, 0.717) is 6.54 Å². The van der Waals surface area contributed by atoms with Gasteiger partial charge in [-0.05, 0) is 12.1 Å². The van der Waals surface area contributed by atoms with Crippen LogP contribution < -0.4 is 10.2 Å². The summed E-state index contributed by atoms with van der Waals surface area (Å²) in [6.45, 7) is 4.24. The molecule has 1 aliphatic heterocycles. The molecule has 16 heavy (non-hydrogen) atoms. The van der Waals surface area contributed by atoms with Crippen LogP contribution in [-0.4, -0.2) is 17.4 Å². The quantitative estimate of drug-likeness (QED) is 0.700. The molecule has 4 heteroatoms. The SMILES string of the molecule is CC(=O)N1CC(C)C(=S)Nc2ccccc21. The first kappa shape index (κ1) is 11.1. The average molecular weight is 234 g/mol. The van der Waals surface area contributed by atoms with E-state index in [1.165, 1.54) is 0 Å². The smallest absolute Gasteiger partial charge is 0.223 e. The molecular formula is C12H14N2OS. The van der Waals surface area contributed by atoms with Gasteiger partial charge in [0.05, 0.1) is 16.4 Å². The predicted octanol–water partition coefficient (Wildman–Crippen LogP) is 2.43. The minimum absolute atomic E-state index is 0.0470. The first-order valence-electron chi connectivity index (χ1n) is 5.27. The van der Waals surface area contributed by atoms with Crippen LogP contribution in [0.2, 0.25) is 0 Å². The molecule has 2 rings (SSSR count). The van der Waals surface area contributed by atoms with Crippen molar-refractivity contribution in [1.29, 1.82) is 0 Å². The highest BCUT2D eigenvalue weighted by atomic mass is 32.1. The van der Waals surface area contributed by atoms with Gasteiger partial charge in [0.15, 0.2) is 0 Å². The van der Waals surface area contributed by atoms with Gasteiger partial charge in [0.25, 0.3) is 0 Å². The number of anilines is 2. The van der Waals surface area contributed by atoms with Crippen molar-refractivity contribution in [1.82, 2.24) is 0 Å². The highest BCUT2D eigenvalue weighted by Crippen LogP contribution is 2.30. The number of carbonyl (C=O) groups excluding carboxylic acids is 1. The lowest BCUT2D eigenvalue weighted by Gasteiger charge is -2.21. The van der Waals surface area contributed by atoms with Crippen molar-refractivity contribution in [3.8, 4) is 0 Å². The van der Waals surface area contributed by atoms with Crippen molar-refractivity contribution < 1.29 is 4.79 Å². The Kier molecular flexibility index (Phi) is 2.92. The van der Waals surface area contributed by atoms with Gasteiger partial charge >= 0.3 is 0 Å².